The standard InChI is InChI=1S/C25H31N5O4/c1-28(2)24(33)21-18(14-31)20-13-29-19(10-9-17(23(29)32)15-6-5-11-26-12-15)22(21)30(20)25(34)27-16-7-3-4-8-16/h5-6,9-12,16,18,20-22,31H,3-4,7-8,13-14H2,1-2H3,(H,27,34)/t18-,20-,21+,22+/m1/s1. The summed E-state index contributed by atoms with van der Waals surface area (Å²) in [4.78, 5) is 47.7. The van der Waals surface area contributed by atoms with Crippen LogP contribution in [0.4, 0.5) is 4.79 Å². The van der Waals surface area contributed by atoms with Crippen LogP contribution in [-0.2, 0) is 11.3 Å². The first kappa shape index (κ1) is 22.6. The molecule has 1 saturated carbocycles. The number of hydrogen-bond donors (Lipinski definition) is 2. The molecule has 34 heavy (non-hydrogen) atoms. The fraction of sp³-hybridized carbons (Fsp3) is 0.520. The van der Waals surface area contributed by atoms with Gasteiger partial charge in [0, 0.05) is 68.4 Å². The Morgan fingerprint density at radius 3 is 2.62 bits per heavy atom. The molecule has 9 nitrogen and oxygen atoms in total. The molecule has 3 amide bonds. The van der Waals surface area contributed by atoms with Gasteiger partial charge in [-0.2, -0.15) is 0 Å². The molecule has 0 spiro atoms. The van der Waals surface area contributed by atoms with Crippen LogP contribution in [0.3, 0.4) is 0 Å². The lowest BCUT2D eigenvalue weighted by Crippen LogP contribution is -2.53. The number of carbonyl (C=O) groups excluding carboxylic acids is 2. The fourth-order valence-corrected chi connectivity index (χ4v) is 6.02. The van der Waals surface area contributed by atoms with Gasteiger partial charge in [-0.05, 0) is 31.0 Å². The number of nitrogens with zero attached hydrogens (tertiary/aromatic N) is 4. The van der Waals surface area contributed by atoms with Crippen LogP contribution in [0.15, 0.2) is 41.5 Å². The normalized spacial score (nSPS) is 25.8. The lowest BCUT2D eigenvalue weighted by molar-refractivity contribution is -0.135. The number of hydrogen-bond acceptors (Lipinski definition) is 5. The average Bonchev–Trinajstić information content (AvgIpc) is 3.43. The van der Waals surface area contributed by atoms with E-state index in [0.29, 0.717) is 11.3 Å². The molecule has 5 rings (SSSR count). The highest BCUT2D eigenvalue weighted by Gasteiger charge is 2.58. The summed E-state index contributed by atoms with van der Waals surface area (Å²) in [5, 5.41) is 13.5. The van der Waals surface area contributed by atoms with E-state index in [1.54, 1.807) is 48.1 Å². The number of aliphatic hydroxyl groups excluding tert-OH is 1. The Hall–Kier alpha value is -3.20. The van der Waals surface area contributed by atoms with E-state index in [2.05, 4.69) is 10.3 Å². The van der Waals surface area contributed by atoms with E-state index in [1.807, 2.05) is 12.1 Å². The van der Waals surface area contributed by atoms with Crippen LogP contribution in [0.2, 0.25) is 0 Å². The molecule has 2 aliphatic heterocycles. The number of rotatable bonds is 4. The largest absolute Gasteiger partial charge is 0.396 e. The molecular weight excluding hydrogens is 434 g/mol. The maximum atomic E-state index is 13.6. The first-order chi connectivity index (χ1) is 16.4. The number of aliphatic hydroxyl groups is 1. The van der Waals surface area contributed by atoms with Crippen molar-refractivity contribution < 1.29 is 14.7 Å². The lowest BCUT2D eigenvalue weighted by Gasteiger charge is -2.39. The third-order valence-corrected chi connectivity index (χ3v) is 7.66. The molecule has 4 atom stereocenters. The molecule has 2 aromatic heterocycles. The fourth-order valence-electron chi connectivity index (χ4n) is 6.02. The van der Waals surface area contributed by atoms with Crippen molar-refractivity contribution in [1.82, 2.24) is 24.7 Å². The van der Waals surface area contributed by atoms with E-state index >= 15 is 0 Å². The lowest BCUT2D eigenvalue weighted by atomic mass is 9.86. The van der Waals surface area contributed by atoms with Crippen molar-refractivity contribution in [2.45, 2.75) is 50.4 Å². The minimum Gasteiger partial charge on any atom is -0.396 e. The van der Waals surface area contributed by atoms with Crippen molar-refractivity contribution in [3.8, 4) is 11.1 Å². The highest BCUT2D eigenvalue weighted by Crippen LogP contribution is 2.49. The molecule has 2 bridgehead atoms. The molecule has 4 heterocycles. The minimum absolute atomic E-state index is 0.125. The van der Waals surface area contributed by atoms with Gasteiger partial charge in [0.25, 0.3) is 5.56 Å². The zero-order valence-corrected chi connectivity index (χ0v) is 19.6. The van der Waals surface area contributed by atoms with Gasteiger partial charge in [0.1, 0.15) is 0 Å². The molecular formula is C25H31N5O4. The van der Waals surface area contributed by atoms with Gasteiger partial charge in [0.15, 0.2) is 0 Å². The van der Waals surface area contributed by atoms with E-state index < -0.39 is 23.9 Å². The summed E-state index contributed by atoms with van der Waals surface area (Å²) in [5.74, 6) is -1.24. The molecule has 180 valence electrons. The van der Waals surface area contributed by atoms with Gasteiger partial charge in [-0.15, -0.1) is 0 Å². The molecule has 1 aliphatic carbocycles. The Morgan fingerprint density at radius 2 is 1.97 bits per heavy atom. The zero-order valence-electron chi connectivity index (χ0n) is 19.6. The summed E-state index contributed by atoms with van der Waals surface area (Å²) >= 11 is 0. The van der Waals surface area contributed by atoms with Gasteiger partial charge in [0.2, 0.25) is 5.91 Å². The van der Waals surface area contributed by atoms with Gasteiger partial charge in [0.05, 0.1) is 18.0 Å². The van der Waals surface area contributed by atoms with Crippen LogP contribution < -0.4 is 10.9 Å². The van der Waals surface area contributed by atoms with Crippen molar-refractivity contribution in [3.63, 3.8) is 0 Å². The maximum Gasteiger partial charge on any atom is 0.318 e. The summed E-state index contributed by atoms with van der Waals surface area (Å²) in [6.07, 6.45) is 7.38. The van der Waals surface area contributed by atoms with Crippen molar-refractivity contribution in [2.75, 3.05) is 20.7 Å². The molecule has 9 heteroatoms. The zero-order chi connectivity index (χ0) is 24.0. The summed E-state index contributed by atoms with van der Waals surface area (Å²) in [5.41, 5.74) is 1.70. The summed E-state index contributed by atoms with van der Waals surface area (Å²) in [7, 11) is 3.36. The highest BCUT2D eigenvalue weighted by atomic mass is 16.3. The third-order valence-electron chi connectivity index (χ3n) is 7.66. The summed E-state index contributed by atoms with van der Waals surface area (Å²) < 4.78 is 1.68. The van der Waals surface area contributed by atoms with E-state index in [4.69, 9.17) is 0 Å². The number of urea groups is 1. The molecule has 0 radical (unpaired) electrons. The average molecular weight is 466 g/mol. The quantitative estimate of drug-likeness (QED) is 0.713. The SMILES string of the molecule is CN(C)C(=O)[C@H]1[C@H](CO)[C@H]2Cn3c(ccc(-c4cccnc4)c3=O)[C@@H]1N2C(=O)NC1CCCC1. The number of amides is 3. The van der Waals surface area contributed by atoms with Gasteiger partial charge in [-0.3, -0.25) is 14.6 Å². The molecule has 0 aromatic carbocycles. The second-order valence-corrected chi connectivity index (χ2v) is 9.78. The van der Waals surface area contributed by atoms with Crippen molar-refractivity contribution in [1.29, 1.82) is 0 Å². The van der Waals surface area contributed by atoms with E-state index in [-0.39, 0.29) is 36.7 Å². The van der Waals surface area contributed by atoms with Crippen LogP contribution in [0.5, 0.6) is 0 Å². The number of carbonyl (C=O) groups is 2. The second kappa shape index (κ2) is 8.87. The van der Waals surface area contributed by atoms with Crippen molar-refractivity contribution >= 4 is 11.9 Å². The van der Waals surface area contributed by atoms with Crippen molar-refractivity contribution in [2.24, 2.45) is 11.8 Å². The minimum atomic E-state index is -0.628. The predicted molar refractivity (Wildman–Crippen MR) is 126 cm³/mol. The highest BCUT2D eigenvalue weighted by molar-refractivity contribution is 5.84. The van der Waals surface area contributed by atoms with E-state index in [1.165, 1.54) is 4.90 Å². The third kappa shape index (κ3) is 3.58. The summed E-state index contributed by atoms with van der Waals surface area (Å²) in [6.45, 7) is -0.00386. The predicted octanol–water partition coefficient (Wildman–Crippen LogP) is 1.61. The van der Waals surface area contributed by atoms with Crippen LogP contribution >= 0.6 is 0 Å². The van der Waals surface area contributed by atoms with Crippen LogP contribution in [0, 0.1) is 11.8 Å². The first-order valence-electron chi connectivity index (χ1n) is 12.0. The van der Waals surface area contributed by atoms with Gasteiger partial charge < -0.3 is 24.8 Å². The smallest absolute Gasteiger partial charge is 0.318 e. The first-order valence-corrected chi connectivity index (χ1v) is 12.0. The molecule has 3 aliphatic rings. The molecule has 0 unspecified atom stereocenters. The number of nitrogens with one attached hydrogen (secondary N) is 1. The molecule has 2 fully saturated rings. The molecule has 1 saturated heterocycles. The van der Waals surface area contributed by atoms with Crippen LogP contribution in [0.1, 0.15) is 37.4 Å². The topological polar surface area (TPSA) is 108 Å². The van der Waals surface area contributed by atoms with E-state index in [0.717, 1.165) is 31.2 Å². The summed E-state index contributed by atoms with van der Waals surface area (Å²) in [6, 6.07) is 6.04. The molecule has 2 aromatic rings. The van der Waals surface area contributed by atoms with E-state index in [9.17, 15) is 19.5 Å². The Morgan fingerprint density at radius 1 is 1.21 bits per heavy atom. The Kier molecular flexibility index (Phi) is 5.89. The monoisotopic (exact) mass is 465 g/mol. The maximum absolute atomic E-state index is 13.6. The van der Waals surface area contributed by atoms with Crippen molar-refractivity contribution in [3.05, 3.63) is 52.7 Å². The number of pyridine rings is 2. The number of aromatic nitrogens is 2. The van der Waals surface area contributed by atoms with Gasteiger partial charge >= 0.3 is 6.03 Å². The van der Waals surface area contributed by atoms with Crippen LogP contribution in [-0.4, -0.2) is 69.2 Å². The van der Waals surface area contributed by atoms with Gasteiger partial charge in [-0.25, -0.2) is 4.79 Å². The Labute approximate surface area is 198 Å². The second-order valence-electron chi connectivity index (χ2n) is 9.78. The van der Waals surface area contributed by atoms with Gasteiger partial charge in [-0.1, -0.05) is 18.9 Å². The Balaban J connectivity index is 1.60. The van der Waals surface area contributed by atoms with Crippen LogP contribution in [0.25, 0.3) is 11.1 Å². The molecule has 2 N–H and O–H groups in total. The Bertz CT molecular complexity index is 1140. The number of fused-ring (bicyclic) bond motifs is 4.